The van der Waals surface area contributed by atoms with E-state index in [2.05, 4.69) is 16.0 Å². The van der Waals surface area contributed by atoms with Gasteiger partial charge in [-0.05, 0) is 78.6 Å². The minimum Gasteiger partial charge on any atom is -0.508 e. The van der Waals surface area contributed by atoms with Crippen molar-refractivity contribution in [2.45, 2.75) is 229 Å². The van der Waals surface area contributed by atoms with Crippen LogP contribution < -0.4 is 16.0 Å². The molecule has 4 rings (SSSR count). The molecule has 4 heterocycles. The zero-order valence-electron chi connectivity index (χ0n) is 53.9. The number of likely N-dealkylation sites (tertiary alicyclic amines) is 3. The van der Waals surface area contributed by atoms with Crippen LogP contribution in [0.3, 0.4) is 0 Å². The van der Waals surface area contributed by atoms with Gasteiger partial charge in [0, 0.05) is 92.3 Å². The number of carbonyl (C=O) groups excluding carboxylic acids is 6. The van der Waals surface area contributed by atoms with Crippen molar-refractivity contribution in [3.63, 3.8) is 0 Å². The summed E-state index contributed by atoms with van der Waals surface area (Å²) in [5.74, 6) is -4.05. The van der Waals surface area contributed by atoms with Gasteiger partial charge in [-0.2, -0.15) is 0 Å². The topological polar surface area (TPSA) is 474 Å². The number of aliphatic hydroxyl groups is 12. The Hall–Kier alpha value is -4.00. The molecule has 4 saturated heterocycles. The highest BCUT2D eigenvalue weighted by atomic mass is 31.1. The van der Waals surface area contributed by atoms with Gasteiger partial charge in [-0.25, -0.2) is 0 Å². The number of unbranched alkanes of at least 4 members (excludes halogenated alkanes) is 3. The molecule has 0 aromatic carbocycles. The molecule has 0 aromatic rings. The van der Waals surface area contributed by atoms with Gasteiger partial charge in [0.25, 0.3) is 0 Å². The lowest BCUT2D eigenvalue weighted by Gasteiger charge is -2.42. The maximum Gasteiger partial charge on any atom is 0.222 e. The summed E-state index contributed by atoms with van der Waals surface area (Å²) in [6, 6.07) is -2.52. The SMILES string of the molecule is CC(=O)N/C(=C(\O)C(O)CCO)C(O)OCCCCC(=O)N1C[C@H](OPOC[C@@H]2C[C@@H](OPOC[C@@H]3C[C@@H](OC(C)(C)C)CN3C(=O)CCCCOC3OC(CO)C(O)C(O)C3NC(C)=O)CN2C(=O)CCCCOC(O)/C(NC(C)=O)=C(\O)C(O)CCO)C[C@H]1CO. The van der Waals surface area contributed by atoms with Gasteiger partial charge in [0.15, 0.2) is 36.9 Å². The van der Waals surface area contributed by atoms with Crippen LogP contribution in [0, 0.1) is 0 Å². The maximum absolute atomic E-state index is 14.0. The molecule has 35 heteroatoms. The number of nitrogens with one attached hydrogen (secondary N) is 3. The first-order chi connectivity index (χ1) is 44.1. The van der Waals surface area contributed by atoms with Crippen molar-refractivity contribution < 1.29 is 132 Å². The number of carbonyl (C=O) groups is 6. The Kier molecular flexibility index (Phi) is 36.7. The highest BCUT2D eigenvalue weighted by molar-refractivity contribution is 7.26. The van der Waals surface area contributed by atoms with Crippen LogP contribution in [0.5, 0.6) is 0 Å². The van der Waals surface area contributed by atoms with E-state index in [4.69, 9.17) is 46.9 Å². The molecule has 4 fully saturated rings. The van der Waals surface area contributed by atoms with Gasteiger partial charge < -0.3 is 134 Å². The number of nitrogens with zero attached hydrogens (tertiary/aromatic N) is 3. The van der Waals surface area contributed by atoms with E-state index in [0.717, 1.165) is 13.8 Å². The van der Waals surface area contributed by atoms with Crippen molar-refractivity contribution in [3.8, 4) is 0 Å². The van der Waals surface area contributed by atoms with Gasteiger partial charge in [-0.3, -0.25) is 28.8 Å². The number of ether oxygens (including phenoxy) is 5. The molecule has 33 nitrogen and oxygen atoms in total. The van der Waals surface area contributed by atoms with Crippen molar-refractivity contribution in [2.75, 3.05) is 79.1 Å². The van der Waals surface area contributed by atoms with Crippen molar-refractivity contribution in [3.05, 3.63) is 22.9 Å². The third-order valence-electron chi connectivity index (χ3n) is 15.5. The standard InChI is InChI=1S/C58H102N6O27P2/c1-33(69)59-48(51(77)42(72)16-18-65)55(81)83-20-10-7-13-45(74)62-27-40(23-36(62)29-67)90-92-87-32-38-25-41(28-64(38)47(76)14-8-11-21-84-56(82)49(60-34(2)70)52(78)43(73)17-19-66)91-93-86-31-37-24-39(89-58(4,5)6)26-63(37)46(75)15-9-12-22-85-57-50(61-35(3)71)54(80)53(79)44(30-68)88-57/h36-44,50,53-57,65-68,72-73,77-82,92-93H,7-32H2,1-6H3,(H,59,69)(H,60,70)(H,61,71)/b51-48-,52-49+/t36-,37-,38-,39+,40+,41+,42?,43?,44?,50?,53?,54?,55?,56?,57?/m0/s1. The lowest BCUT2D eigenvalue weighted by Crippen LogP contribution is -2.64. The minimum atomic E-state index is -1.86. The molecule has 11 unspecified atom stereocenters. The van der Waals surface area contributed by atoms with E-state index >= 15 is 0 Å². The quantitative estimate of drug-likeness (QED) is 0.0139. The molecule has 15 N–H and O–H groups in total. The van der Waals surface area contributed by atoms with E-state index in [1.54, 1.807) is 9.80 Å². The Balaban J connectivity index is 1.33. The zero-order chi connectivity index (χ0) is 69.0. The molecular formula is C58H102N6O27P2. The fourth-order valence-corrected chi connectivity index (χ4v) is 12.2. The number of rotatable bonds is 42. The molecule has 0 saturated carbocycles. The highest BCUT2D eigenvalue weighted by Crippen LogP contribution is 2.34. The van der Waals surface area contributed by atoms with E-state index in [9.17, 15) is 84.9 Å². The van der Waals surface area contributed by atoms with Crippen LogP contribution in [0.2, 0.25) is 0 Å². The molecule has 93 heavy (non-hydrogen) atoms. The smallest absolute Gasteiger partial charge is 0.222 e. The summed E-state index contributed by atoms with van der Waals surface area (Å²) in [6.07, 6.45) is -10.7. The number of hydrogen-bond donors (Lipinski definition) is 15. The molecule has 17 atom stereocenters. The van der Waals surface area contributed by atoms with Gasteiger partial charge in [-0.1, -0.05) is 0 Å². The molecule has 536 valence electrons. The van der Waals surface area contributed by atoms with E-state index in [0.29, 0.717) is 45.1 Å². The van der Waals surface area contributed by atoms with Gasteiger partial charge in [0.2, 0.25) is 35.4 Å². The van der Waals surface area contributed by atoms with Gasteiger partial charge >= 0.3 is 0 Å². The van der Waals surface area contributed by atoms with E-state index in [-0.39, 0.29) is 134 Å². The van der Waals surface area contributed by atoms with Crippen molar-refractivity contribution in [2.24, 2.45) is 0 Å². The van der Waals surface area contributed by atoms with Crippen LogP contribution in [-0.4, -0.2) is 288 Å². The summed E-state index contributed by atoms with van der Waals surface area (Å²) in [4.78, 5) is 81.3. The summed E-state index contributed by atoms with van der Waals surface area (Å²) in [6.45, 7) is 7.96. The average molecular weight is 1380 g/mol. The van der Waals surface area contributed by atoms with E-state index < -0.39 is 164 Å². The van der Waals surface area contributed by atoms with Gasteiger partial charge in [-0.15, -0.1) is 0 Å². The molecule has 6 amide bonds. The van der Waals surface area contributed by atoms with Crippen LogP contribution in [0.4, 0.5) is 0 Å². The van der Waals surface area contributed by atoms with Crippen molar-refractivity contribution in [1.82, 2.24) is 30.7 Å². The predicted octanol–water partition coefficient (Wildman–Crippen LogP) is -1.78. The number of amides is 6. The number of hydrogen-bond acceptors (Lipinski definition) is 27. The molecule has 0 radical (unpaired) electrons. The van der Waals surface area contributed by atoms with Crippen LogP contribution in [-0.2, 0) is 70.5 Å². The van der Waals surface area contributed by atoms with Crippen LogP contribution in [0.1, 0.15) is 131 Å². The van der Waals surface area contributed by atoms with E-state index in [1.807, 2.05) is 20.8 Å². The van der Waals surface area contributed by atoms with Gasteiger partial charge in [0.1, 0.15) is 59.5 Å². The zero-order valence-corrected chi connectivity index (χ0v) is 55.9. The first-order valence-corrected chi connectivity index (χ1v) is 33.1. The Morgan fingerprint density at radius 3 is 1.40 bits per heavy atom. The Bertz CT molecular complexity index is 2380. The molecule has 4 aliphatic heterocycles. The lowest BCUT2D eigenvalue weighted by molar-refractivity contribution is -0.270. The lowest BCUT2D eigenvalue weighted by atomic mass is 9.97. The summed E-state index contributed by atoms with van der Waals surface area (Å²) < 4.78 is 53.0. The largest absolute Gasteiger partial charge is 0.508 e. The van der Waals surface area contributed by atoms with Crippen molar-refractivity contribution in [1.29, 1.82) is 0 Å². The Labute approximate surface area is 545 Å². The first kappa shape index (κ1) is 81.4. The molecule has 0 spiro atoms. The molecule has 0 aliphatic carbocycles. The third-order valence-corrected chi connectivity index (χ3v) is 16.9. The maximum atomic E-state index is 14.0. The Morgan fingerprint density at radius 2 is 0.989 bits per heavy atom. The molecule has 4 aliphatic rings. The number of aliphatic hydroxyl groups excluding tert-OH is 12. The summed E-state index contributed by atoms with van der Waals surface area (Å²) in [5, 5.41) is 128. The van der Waals surface area contributed by atoms with Crippen LogP contribution in [0.25, 0.3) is 0 Å². The highest BCUT2D eigenvalue weighted by Gasteiger charge is 2.46. The average Bonchev–Trinajstić information content (AvgIpc) is 1.85. The molecule has 0 bridgehead atoms. The van der Waals surface area contributed by atoms with Crippen molar-refractivity contribution >= 4 is 53.5 Å². The first-order valence-electron chi connectivity index (χ1n) is 31.4. The third kappa shape index (κ3) is 27.8. The fourth-order valence-electron chi connectivity index (χ4n) is 10.9. The second-order valence-corrected chi connectivity index (χ2v) is 25.6. The second kappa shape index (κ2) is 42.0. The normalized spacial score (nSPS) is 26.4. The summed E-state index contributed by atoms with van der Waals surface area (Å²) in [7, 11) is -1.03. The Morgan fingerprint density at radius 1 is 0.570 bits per heavy atom. The van der Waals surface area contributed by atoms with Crippen LogP contribution in [0.15, 0.2) is 22.9 Å². The van der Waals surface area contributed by atoms with Gasteiger partial charge in [0.05, 0.1) is 81.7 Å². The van der Waals surface area contributed by atoms with Crippen LogP contribution >= 0.6 is 18.1 Å². The summed E-state index contributed by atoms with van der Waals surface area (Å²) >= 11 is 0. The molecule has 0 aromatic heterocycles. The fraction of sp³-hybridized carbons (Fsp3) is 0.828. The minimum absolute atomic E-state index is 0.0253. The van der Waals surface area contributed by atoms with E-state index in [1.165, 1.54) is 11.8 Å². The molecular weight excluding hydrogens is 1270 g/mol. The predicted molar refractivity (Wildman–Crippen MR) is 329 cm³/mol. The second-order valence-electron chi connectivity index (χ2n) is 24.2. The summed E-state index contributed by atoms with van der Waals surface area (Å²) in [5.41, 5.74) is -1.48. The monoisotopic (exact) mass is 1380 g/mol.